The summed E-state index contributed by atoms with van der Waals surface area (Å²) in [6.07, 6.45) is 0. The molecule has 0 atom stereocenters. The fourth-order valence-electron chi connectivity index (χ4n) is 1.84. The lowest BCUT2D eigenvalue weighted by atomic mass is 10.2. The minimum Gasteiger partial charge on any atom is -0.320 e. The third-order valence-electron chi connectivity index (χ3n) is 2.95. The van der Waals surface area contributed by atoms with Crippen molar-refractivity contribution in [2.45, 2.75) is 19.9 Å². The van der Waals surface area contributed by atoms with Gasteiger partial charge in [-0.2, -0.15) is 9.49 Å². The smallest absolute Gasteiger partial charge is 0.306 e. The van der Waals surface area contributed by atoms with Crippen LogP contribution in [0.3, 0.4) is 0 Å². The van der Waals surface area contributed by atoms with Gasteiger partial charge < -0.3 is 5.32 Å². The highest BCUT2D eigenvalue weighted by atomic mass is 19.1. The van der Waals surface area contributed by atoms with Crippen molar-refractivity contribution < 1.29 is 14.1 Å². The monoisotopic (exact) mass is 320 g/mol. The van der Waals surface area contributed by atoms with Crippen molar-refractivity contribution in [1.29, 1.82) is 0 Å². The van der Waals surface area contributed by atoms with Crippen LogP contribution >= 0.6 is 0 Å². The number of nitro benzene ring substituents is 1. The molecule has 0 fully saturated rings. The number of carbonyl (C=O) groups excluding carboxylic acids is 1. The lowest BCUT2D eigenvalue weighted by Crippen LogP contribution is -2.27. The molecule has 0 saturated heterocycles. The van der Waals surface area contributed by atoms with Crippen molar-refractivity contribution in [3.05, 3.63) is 62.3 Å². The van der Waals surface area contributed by atoms with Crippen LogP contribution in [-0.2, 0) is 0 Å². The van der Waals surface area contributed by atoms with Crippen LogP contribution in [0.4, 0.5) is 15.8 Å². The van der Waals surface area contributed by atoms with Gasteiger partial charge in [0, 0.05) is 17.8 Å². The molecule has 0 aliphatic heterocycles. The highest BCUT2D eigenvalue weighted by molar-refractivity contribution is 6.02. The zero-order valence-corrected chi connectivity index (χ0v) is 12.3. The van der Waals surface area contributed by atoms with Gasteiger partial charge in [0.05, 0.1) is 11.0 Å². The predicted molar refractivity (Wildman–Crippen MR) is 79.9 cm³/mol. The molecule has 1 amide bonds. The van der Waals surface area contributed by atoms with Crippen LogP contribution in [0.15, 0.2) is 35.1 Å². The minimum absolute atomic E-state index is 0.0368. The van der Waals surface area contributed by atoms with Gasteiger partial charge in [-0.1, -0.05) is 0 Å². The lowest BCUT2D eigenvalue weighted by molar-refractivity contribution is -0.387. The predicted octanol–water partition coefficient (Wildman–Crippen LogP) is 2.12. The van der Waals surface area contributed by atoms with Crippen molar-refractivity contribution in [3.8, 4) is 0 Å². The topological polar surface area (TPSA) is 107 Å². The highest BCUT2D eigenvalue weighted by Gasteiger charge is 2.17. The van der Waals surface area contributed by atoms with Crippen LogP contribution in [0.25, 0.3) is 0 Å². The normalized spacial score (nSPS) is 10.6. The minimum atomic E-state index is -1.00. The maximum absolute atomic E-state index is 13.3. The van der Waals surface area contributed by atoms with Gasteiger partial charge >= 0.3 is 5.69 Å². The number of halogens is 1. The van der Waals surface area contributed by atoms with E-state index in [0.29, 0.717) is 0 Å². The molecule has 23 heavy (non-hydrogen) atoms. The van der Waals surface area contributed by atoms with E-state index in [2.05, 4.69) is 10.4 Å². The molecular weight excluding hydrogens is 307 g/mol. The number of hydrogen-bond acceptors (Lipinski definition) is 5. The van der Waals surface area contributed by atoms with E-state index < -0.39 is 22.3 Å². The molecule has 0 unspecified atom stereocenters. The van der Waals surface area contributed by atoms with Crippen molar-refractivity contribution in [2.75, 3.05) is 5.32 Å². The number of aromatic nitrogens is 2. The van der Waals surface area contributed by atoms with Crippen LogP contribution < -0.4 is 10.9 Å². The maximum Gasteiger partial charge on any atom is 0.306 e. The second kappa shape index (κ2) is 6.34. The number of rotatable bonds is 4. The van der Waals surface area contributed by atoms with Gasteiger partial charge in [0.1, 0.15) is 5.69 Å². The van der Waals surface area contributed by atoms with E-state index in [1.54, 1.807) is 13.8 Å². The number of nitro groups is 1. The first-order chi connectivity index (χ1) is 10.8. The van der Waals surface area contributed by atoms with Gasteiger partial charge in [-0.05, 0) is 32.0 Å². The molecule has 1 aromatic heterocycles. The van der Waals surface area contributed by atoms with E-state index in [1.807, 2.05) is 0 Å². The van der Waals surface area contributed by atoms with Gasteiger partial charge in [-0.15, -0.1) is 0 Å². The molecule has 0 radical (unpaired) electrons. The Balaban J connectivity index is 2.29. The lowest BCUT2D eigenvalue weighted by Gasteiger charge is -2.10. The number of carbonyl (C=O) groups is 1. The highest BCUT2D eigenvalue weighted by Crippen LogP contribution is 2.21. The second-order valence-corrected chi connectivity index (χ2v) is 4.97. The van der Waals surface area contributed by atoms with Crippen molar-refractivity contribution in [3.63, 3.8) is 0 Å². The van der Waals surface area contributed by atoms with Gasteiger partial charge in [0.15, 0.2) is 0 Å². The summed E-state index contributed by atoms with van der Waals surface area (Å²) in [6, 6.07) is 5.20. The van der Waals surface area contributed by atoms with E-state index in [1.165, 1.54) is 18.2 Å². The summed E-state index contributed by atoms with van der Waals surface area (Å²) in [7, 11) is 0. The zero-order chi connectivity index (χ0) is 17.1. The largest absolute Gasteiger partial charge is 0.320 e. The summed E-state index contributed by atoms with van der Waals surface area (Å²) in [5, 5.41) is 17.0. The number of nitrogens with one attached hydrogen (secondary N) is 1. The first-order valence-electron chi connectivity index (χ1n) is 6.64. The average Bonchev–Trinajstić information content (AvgIpc) is 2.49. The summed E-state index contributed by atoms with van der Waals surface area (Å²) in [4.78, 5) is 33.5. The molecule has 1 N–H and O–H groups in total. The fourth-order valence-corrected chi connectivity index (χ4v) is 1.84. The Kier molecular flexibility index (Phi) is 4.49. The van der Waals surface area contributed by atoms with Crippen LogP contribution in [0.2, 0.25) is 0 Å². The van der Waals surface area contributed by atoms with Crippen molar-refractivity contribution >= 4 is 17.3 Å². The Morgan fingerprint density at radius 3 is 2.65 bits per heavy atom. The molecule has 8 nitrogen and oxygen atoms in total. The quantitative estimate of drug-likeness (QED) is 0.686. The molecule has 0 aliphatic rings. The number of anilines is 1. The first-order valence-corrected chi connectivity index (χ1v) is 6.64. The molecule has 0 aliphatic carbocycles. The second-order valence-electron chi connectivity index (χ2n) is 4.97. The van der Waals surface area contributed by atoms with E-state index in [0.717, 1.165) is 16.8 Å². The molecule has 0 bridgehead atoms. The van der Waals surface area contributed by atoms with Crippen LogP contribution in [-0.4, -0.2) is 20.6 Å². The van der Waals surface area contributed by atoms with Gasteiger partial charge in [-0.25, -0.2) is 4.68 Å². The van der Waals surface area contributed by atoms with Crippen LogP contribution in [0, 0.1) is 15.9 Å². The fraction of sp³-hybridized carbons (Fsp3) is 0.214. The Bertz CT molecular complexity index is 832. The maximum atomic E-state index is 13.3. The molecule has 2 aromatic rings. The van der Waals surface area contributed by atoms with Gasteiger partial charge in [-0.3, -0.25) is 19.7 Å². The third kappa shape index (κ3) is 3.57. The zero-order valence-electron chi connectivity index (χ0n) is 12.3. The molecule has 9 heteroatoms. The Hall–Kier alpha value is -3.10. The third-order valence-corrected chi connectivity index (χ3v) is 2.95. The van der Waals surface area contributed by atoms with Crippen molar-refractivity contribution in [2.24, 2.45) is 0 Å². The van der Waals surface area contributed by atoms with E-state index in [-0.39, 0.29) is 23.0 Å². The van der Waals surface area contributed by atoms with Crippen LogP contribution in [0.1, 0.15) is 30.4 Å². The summed E-state index contributed by atoms with van der Waals surface area (Å²) < 4.78 is 14.4. The van der Waals surface area contributed by atoms with E-state index in [4.69, 9.17) is 0 Å². The van der Waals surface area contributed by atoms with Crippen molar-refractivity contribution in [1.82, 2.24) is 9.78 Å². The molecule has 120 valence electrons. The van der Waals surface area contributed by atoms with Gasteiger partial charge in [0.2, 0.25) is 5.82 Å². The molecule has 1 aromatic carbocycles. The van der Waals surface area contributed by atoms with E-state index >= 15 is 0 Å². The average molecular weight is 320 g/mol. The number of amides is 1. The first kappa shape index (κ1) is 16.3. The standard InChI is InChI=1S/C14H13FN4O4/c1-8(2)18-13(20)6-5-11(17-18)14(21)16-9-3-4-10(15)12(7-9)19(22)23/h3-8H,1-2H3,(H,16,21). The van der Waals surface area contributed by atoms with Crippen LogP contribution in [0.5, 0.6) is 0 Å². The summed E-state index contributed by atoms with van der Waals surface area (Å²) >= 11 is 0. The molecular formula is C14H13FN4O4. The van der Waals surface area contributed by atoms with E-state index in [9.17, 15) is 24.1 Å². The SMILES string of the molecule is CC(C)n1nc(C(=O)Nc2ccc(F)c([N+](=O)[O-])c2)ccc1=O. The molecule has 2 rings (SSSR count). The summed E-state index contributed by atoms with van der Waals surface area (Å²) in [5.41, 5.74) is -1.09. The molecule has 0 saturated carbocycles. The summed E-state index contributed by atoms with van der Waals surface area (Å²) in [5.74, 6) is -1.67. The number of nitrogens with zero attached hydrogens (tertiary/aromatic N) is 3. The Morgan fingerprint density at radius 1 is 1.35 bits per heavy atom. The number of hydrogen-bond donors (Lipinski definition) is 1. The molecule has 0 spiro atoms. The number of benzene rings is 1. The summed E-state index contributed by atoms with van der Waals surface area (Å²) in [6.45, 7) is 3.47. The van der Waals surface area contributed by atoms with Gasteiger partial charge in [0.25, 0.3) is 11.5 Å². The Labute approximate surface area is 129 Å². The Morgan fingerprint density at radius 2 is 2.04 bits per heavy atom. The molecule has 1 heterocycles.